The van der Waals surface area contributed by atoms with Crippen LogP contribution in [0.4, 0.5) is 0 Å². The van der Waals surface area contributed by atoms with Gasteiger partial charge in [-0.2, -0.15) is 5.10 Å². The number of aryl methyl sites for hydroxylation is 1. The van der Waals surface area contributed by atoms with Crippen molar-refractivity contribution in [1.29, 1.82) is 0 Å². The third-order valence-corrected chi connectivity index (χ3v) is 4.00. The number of piperidine rings is 1. The topological polar surface area (TPSA) is 46.8 Å². The van der Waals surface area contributed by atoms with Gasteiger partial charge in [0.2, 0.25) is 0 Å². The molecule has 0 spiro atoms. The average molecular weight is 271 g/mol. The van der Waals surface area contributed by atoms with E-state index in [1.54, 1.807) is 12.4 Å². The molecule has 0 N–H and O–H groups in total. The summed E-state index contributed by atoms with van der Waals surface area (Å²) in [6.45, 7) is 5.19. The highest BCUT2D eigenvalue weighted by atomic mass is 15.3. The highest BCUT2D eigenvalue weighted by Crippen LogP contribution is 2.31. The second-order valence-electron chi connectivity index (χ2n) is 5.42. The SMILES string of the molecule is CCn1nccc1-c1nccnc1[C@H]1CCCN(C)C1. The predicted octanol–water partition coefficient (Wildman–Crippen LogP) is 2.17. The molecule has 1 aliphatic rings. The zero-order valence-corrected chi connectivity index (χ0v) is 12.2. The Kier molecular flexibility index (Phi) is 3.78. The van der Waals surface area contributed by atoms with Gasteiger partial charge in [-0.1, -0.05) is 0 Å². The van der Waals surface area contributed by atoms with Gasteiger partial charge in [0.1, 0.15) is 5.69 Å². The van der Waals surface area contributed by atoms with Crippen molar-refractivity contribution in [2.75, 3.05) is 20.1 Å². The molecule has 3 rings (SSSR count). The molecule has 20 heavy (non-hydrogen) atoms. The van der Waals surface area contributed by atoms with Gasteiger partial charge in [0, 0.05) is 37.6 Å². The van der Waals surface area contributed by atoms with Crippen LogP contribution in [-0.4, -0.2) is 44.8 Å². The summed E-state index contributed by atoms with van der Waals surface area (Å²) in [6.07, 6.45) is 7.84. The van der Waals surface area contributed by atoms with Crippen LogP contribution in [0.2, 0.25) is 0 Å². The molecule has 1 atom stereocenters. The summed E-state index contributed by atoms with van der Waals surface area (Å²) in [7, 11) is 2.18. The normalized spacial score (nSPS) is 20.2. The van der Waals surface area contributed by atoms with E-state index in [9.17, 15) is 0 Å². The third kappa shape index (κ3) is 2.45. The maximum atomic E-state index is 4.64. The fraction of sp³-hybridized carbons (Fsp3) is 0.533. The number of hydrogen-bond donors (Lipinski definition) is 0. The second-order valence-corrected chi connectivity index (χ2v) is 5.42. The van der Waals surface area contributed by atoms with Crippen molar-refractivity contribution in [2.45, 2.75) is 32.2 Å². The summed E-state index contributed by atoms with van der Waals surface area (Å²) in [5.74, 6) is 0.470. The standard InChI is InChI=1S/C15H21N5/c1-3-20-13(6-7-18-20)15-14(16-8-9-17-15)12-5-4-10-19(2)11-12/h6-9,12H,3-5,10-11H2,1-2H3/t12-/m0/s1. The molecule has 5 nitrogen and oxygen atoms in total. The van der Waals surface area contributed by atoms with Gasteiger partial charge in [-0.3, -0.25) is 14.6 Å². The van der Waals surface area contributed by atoms with Crippen LogP contribution in [0.25, 0.3) is 11.4 Å². The lowest BCUT2D eigenvalue weighted by Gasteiger charge is -2.30. The zero-order valence-electron chi connectivity index (χ0n) is 12.2. The Morgan fingerprint density at radius 3 is 2.90 bits per heavy atom. The van der Waals surface area contributed by atoms with Gasteiger partial charge in [-0.15, -0.1) is 0 Å². The molecule has 1 saturated heterocycles. The Hall–Kier alpha value is -1.75. The Bertz CT molecular complexity index is 577. The van der Waals surface area contributed by atoms with Gasteiger partial charge in [0.25, 0.3) is 0 Å². The second kappa shape index (κ2) is 5.71. The first-order valence-corrected chi connectivity index (χ1v) is 7.31. The molecule has 5 heteroatoms. The van der Waals surface area contributed by atoms with E-state index in [2.05, 4.69) is 33.9 Å². The Morgan fingerprint density at radius 2 is 2.10 bits per heavy atom. The molecule has 1 aliphatic heterocycles. The summed E-state index contributed by atoms with van der Waals surface area (Å²) in [5, 5.41) is 4.35. The molecule has 106 valence electrons. The van der Waals surface area contributed by atoms with Crippen LogP contribution in [0.15, 0.2) is 24.7 Å². The fourth-order valence-electron chi connectivity index (χ4n) is 3.02. The van der Waals surface area contributed by atoms with Gasteiger partial charge in [-0.25, -0.2) is 0 Å². The molecule has 0 saturated carbocycles. The monoisotopic (exact) mass is 271 g/mol. The van der Waals surface area contributed by atoms with Crippen molar-refractivity contribution in [1.82, 2.24) is 24.6 Å². The van der Waals surface area contributed by atoms with Gasteiger partial charge in [0.05, 0.1) is 11.4 Å². The summed E-state index contributed by atoms with van der Waals surface area (Å²) in [6, 6.07) is 2.03. The molecular weight excluding hydrogens is 250 g/mol. The van der Waals surface area contributed by atoms with Gasteiger partial charge >= 0.3 is 0 Å². The van der Waals surface area contributed by atoms with Gasteiger partial charge in [0.15, 0.2) is 0 Å². The predicted molar refractivity (Wildman–Crippen MR) is 78.4 cm³/mol. The molecule has 2 aromatic rings. The number of likely N-dealkylation sites (tertiary alicyclic amines) is 1. The molecule has 0 unspecified atom stereocenters. The Labute approximate surface area is 119 Å². The molecular formula is C15H21N5. The third-order valence-electron chi connectivity index (χ3n) is 4.00. The van der Waals surface area contributed by atoms with E-state index < -0.39 is 0 Å². The van der Waals surface area contributed by atoms with Crippen molar-refractivity contribution < 1.29 is 0 Å². The quantitative estimate of drug-likeness (QED) is 0.858. The van der Waals surface area contributed by atoms with E-state index in [0.717, 1.165) is 30.2 Å². The first-order valence-electron chi connectivity index (χ1n) is 7.31. The first kappa shape index (κ1) is 13.2. The van der Waals surface area contributed by atoms with Crippen LogP contribution < -0.4 is 0 Å². The van der Waals surface area contributed by atoms with E-state index in [-0.39, 0.29) is 0 Å². The molecule has 0 aromatic carbocycles. The molecule has 0 amide bonds. The summed E-state index contributed by atoms with van der Waals surface area (Å²) in [4.78, 5) is 11.6. The number of aromatic nitrogens is 4. The largest absolute Gasteiger partial charge is 0.306 e. The molecule has 3 heterocycles. The lowest BCUT2D eigenvalue weighted by molar-refractivity contribution is 0.248. The highest BCUT2D eigenvalue weighted by Gasteiger charge is 2.24. The van der Waals surface area contributed by atoms with E-state index in [1.807, 2.05) is 16.9 Å². The van der Waals surface area contributed by atoms with E-state index in [0.29, 0.717) is 5.92 Å². The maximum absolute atomic E-state index is 4.64. The molecule has 1 fully saturated rings. The molecule has 0 bridgehead atoms. The van der Waals surface area contributed by atoms with Crippen molar-refractivity contribution in [3.63, 3.8) is 0 Å². The van der Waals surface area contributed by atoms with Gasteiger partial charge < -0.3 is 4.90 Å². The van der Waals surface area contributed by atoms with E-state index in [1.165, 1.54) is 19.4 Å². The minimum Gasteiger partial charge on any atom is -0.306 e. The smallest absolute Gasteiger partial charge is 0.110 e. The number of likely N-dealkylation sites (N-methyl/N-ethyl adjacent to an activating group) is 1. The number of nitrogens with zero attached hydrogens (tertiary/aromatic N) is 5. The molecule has 0 radical (unpaired) electrons. The zero-order chi connectivity index (χ0) is 13.9. The van der Waals surface area contributed by atoms with Crippen LogP contribution >= 0.6 is 0 Å². The van der Waals surface area contributed by atoms with Crippen LogP contribution in [0.3, 0.4) is 0 Å². The molecule has 2 aromatic heterocycles. The fourth-order valence-corrected chi connectivity index (χ4v) is 3.02. The van der Waals surface area contributed by atoms with Crippen molar-refractivity contribution in [3.05, 3.63) is 30.4 Å². The maximum Gasteiger partial charge on any atom is 0.110 e. The number of hydrogen-bond acceptors (Lipinski definition) is 4. The van der Waals surface area contributed by atoms with Gasteiger partial charge in [-0.05, 0) is 39.4 Å². The summed E-state index contributed by atoms with van der Waals surface area (Å²) >= 11 is 0. The summed E-state index contributed by atoms with van der Waals surface area (Å²) in [5.41, 5.74) is 3.19. The minimum atomic E-state index is 0.470. The lowest BCUT2D eigenvalue weighted by atomic mass is 9.93. The van der Waals surface area contributed by atoms with E-state index in [4.69, 9.17) is 0 Å². The van der Waals surface area contributed by atoms with E-state index >= 15 is 0 Å². The molecule has 0 aliphatic carbocycles. The Balaban J connectivity index is 2.00. The van der Waals surface area contributed by atoms with Crippen LogP contribution in [0.5, 0.6) is 0 Å². The van der Waals surface area contributed by atoms with Crippen molar-refractivity contribution in [3.8, 4) is 11.4 Å². The van der Waals surface area contributed by atoms with Crippen molar-refractivity contribution in [2.24, 2.45) is 0 Å². The minimum absolute atomic E-state index is 0.470. The highest BCUT2D eigenvalue weighted by molar-refractivity contribution is 5.57. The Morgan fingerprint density at radius 1 is 1.25 bits per heavy atom. The van der Waals surface area contributed by atoms with Crippen molar-refractivity contribution >= 4 is 0 Å². The first-order chi connectivity index (χ1) is 9.79. The van der Waals surface area contributed by atoms with Crippen LogP contribution in [-0.2, 0) is 6.54 Å². The average Bonchev–Trinajstić information content (AvgIpc) is 2.95. The van der Waals surface area contributed by atoms with Crippen LogP contribution in [0.1, 0.15) is 31.4 Å². The van der Waals surface area contributed by atoms with Crippen LogP contribution in [0, 0.1) is 0 Å². The summed E-state index contributed by atoms with van der Waals surface area (Å²) < 4.78 is 1.99. The lowest BCUT2D eigenvalue weighted by Crippen LogP contribution is -2.31. The number of rotatable bonds is 3.